The number of rotatable bonds is 4. The third-order valence-corrected chi connectivity index (χ3v) is 4.88. The molecule has 0 radical (unpaired) electrons. The first kappa shape index (κ1) is 14.9. The summed E-state index contributed by atoms with van der Waals surface area (Å²) in [6.45, 7) is 4.13. The van der Waals surface area contributed by atoms with E-state index in [0.717, 1.165) is 16.6 Å². The second-order valence-corrected chi connectivity index (χ2v) is 7.02. The molecule has 2 aromatic rings. The molecule has 0 bridgehead atoms. The zero-order valence-corrected chi connectivity index (χ0v) is 13.2. The molecule has 1 amide bonds. The van der Waals surface area contributed by atoms with E-state index >= 15 is 0 Å². The van der Waals surface area contributed by atoms with Crippen LogP contribution in [0.15, 0.2) is 0 Å². The van der Waals surface area contributed by atoms with E-state index in [2.05, 4.69) is 15.5 Å². The minimum absolute atomic E-state index is 0.256. The van der Waals surface area contributed by atoms with E-state index in [-0.39, 0.29) is 5.91 Å². The Kier molecular flexibility index (Phi) is 4.34. The van der Waals surface area contributed by atoms with Gasteiger partial charge in [-0.3, -0.25) is 9.00 Å². The average molecular weight is 312 g/mol. The van der Waals surface area contributed by atoms with Crippen molar-refractivity contribution in [2.75, 3.05) is 24.3 Å². The molecule has 0 aliphatic carbocycles. The fourth-order valence-electron chi connectivity index (χ4n) is 1.80. The van der Waals surface area contributed by atoms with E-state index < -0.39 is 10.8 Å². The molecule has 0 saturated carbocycles. The monoisotopic (exact) mass is 312 g/mol. The summed E-state index contributed by atoms with van der Waals surface area (Å²) in [6, 6.07) is 0. The number of nitrogens with two attached hydrogens (primary N) is 1. The van der Waals surface area contributed by atoms with Gasteiger partial charge in [-0.1, -0.05) is 0 Å². The van der Waals surface area contributed by atoms with Gasteiger partial charge in [0.2, 0.25) is 0 Å². The lowest BCUT2D eigenvalue weighted by Gasteiger charge is -2.03. The lowest BCUT2D eigenvalue weighted by Crippen LogP contribution is -2.27. The van der Waals surface area contributed by atoms with Gasteiger partial charge in [0.1, 0.15) is 9.71 Å². The Balaban J connectivity index is 2.31. The first-order valence-electron chi connectivity index (χ1n) is 6.02. The van der Waals surface area contributed by atoms with Crippen LogP contribution in [0.1, 0.15) is 20.9 Å². The molecule has 0 saturated heterocycles. The summed E-state index contributed by atoms with van der Waals surface area (Å²) < 4.78 is 11.0. The standard InChI is InChI=1S/C12H16N4O2S2/c1-6-7(2)15-16-12-8(6)9(13)10(19-12)11(17)14-4-5-20(3)18/h4-5,13H2,1-3H3,(H,14,17). The third-order valence-electron chi connectivity index (χ3n) is 3.02. The Labute approximate surface area is 123 Å². The molecule has 20 heavy (non-hydrogen) atoms. The first-order valence-corrected chi connectivity index (χ1v) is 8.56. The number of amides is 1. The number of nitrogens with one attached hydrogen (secondary N) is 1. The SMILES string of the molecule is Cc1nnc2sc(C(=O)NCCS(C)=O)c(N)c2c1C. The number of anilines is 1. The molecule has 0 fully saturated rings. The molecule has 1 atom stereocenters. The van der Waals surface area contributed by atoms with Gasteiger partial charge in [-0.25, -0.2) is 0 Å². The number of thiophene rings is 1. The predicted molar refractivity (Wildman–Crippen MR) is 82.6 cm³/mol. The topological polar surface area (TPSA) is 98.0 Å². The molecular formula is C12H16N4O2S2. The number of carbonyl (C=O) groups excluding carboxylic acids is 1. The van der Waals surface area contributed by atoms with Gasteiger partial charge in [0.25, 0.3) is 5.91 Å². The van der Waals surface area contributed by atoms with Crippen molar-refractivity contribution in [3.8, 4) is 0 Å². The minimum Gasteiger partial charge on any atom is -0.397 e. The normalized spacial score (nSPS) is 12.6. The van der Waals surface area contributed by atoms with Crippen molar-refractivity contribution < 1.29 is 9.00 Å². The van der Waals surface area contributed by atoms with Gasteiger partial charge in [0, 0.05) is 34.7 Å². The highest BCUT2D eigenvalue weighted by molar-refractivity contribution is 7.84. The number of nitrogen functional groups attached to an aromatic ring is 1. The van der Waals surface area contributed by atoms with Crippen molar-refractivity contribution in [2.24, 2.45) is 0 Å². The summed E-state index contributed by atoms with van der Waals surface area (Å²) in [6.07, 6.45) is 1.60. The van der Waals surface area contributed by atoms with Gasteiger partial charge >= 0.3 is 0 Å². The van der Waals surface area contributed by atoms with Gasteiger partial charge in [-0.15, -0.1) is 16.4 Å². The quantitative estimate of drug-likeness (QED) is 0.877. The van der Waals surface area contributed by atoms with Crippen LogP contribution >= 0.6 is 11.3 Å². The Morgan fingerprint density at radius 3 is 2.75 bits per heavy atom. The molecule has 2 aromatic heterocycles. The van der Waals surface area contributed by atoms with Crippen molar-refractivity contribution >= 4 is 43.9 Å². The van der Waals surface area contributed by atoms with Gasteiger partial charge in [-0.2, -0.15) is 5.10 Å². The molecular weight excluding hydrogens is 296 g/mol. The maximum Gasteiger partial charge on any atom is 0.263 e. The van der Waals surface area contributed by atoms with Crippen LogP contribution in [0.25, 0.3) is 10.2 Å². The summed E-state index contributed by atoms with van der Waals surface area (Å²) >= 11 is 1.23. The molecule has 1 unspecified atom stereocenters. The zero-order valence-electron chi connectivity index (χ0n) is 11.5. The third kappa shape index (κ3) is 2.80. The number of hydrogen-bond acceptors (Lipinski definition) is 6. The molecule has 0 aliphatic rings. The second-order valence-electron chi connectivity index (χ2n) is 4.47. The van der Waals surface area contributed by atoms with Crippen molar-refractivity contribution in [3.63, 3.8) is 0 Å². The highest BCUT2D eigenvalue weighted by atomic mass is 32.2. The lowest BCUT2D eigenvalue weighted by molar-refractivity contribution is 0.0961. The maximum atomic E-state index is 12.1. The summed E-state index contributed by atoms with van der Waals surface area (Å²) in [5.74, 6) is 0.169. The summed E-state index contributed by atoms with van der Waals surface area (Å²) in [4.78, 5) is 13.2. The molecule has 6 nitrogen and oxygen atoms in total. The summed E-state index contributed by atoms with van der Waals surface area (Å²) in [5.41, 5.74) is 8.25. The fraction of sp³-hybridized carbons (Fsp3) is 0.417. The van der Waals surface area contributed by atoms with E-state index in [1.165, 1.54) is 11.3 Å². The van der Waals surface area contributed by atoms with E-state index in [1.54, 1.807) is 6.26 Å². The van der Waals surface area contributed by atoms with Crippen LogP contribution in [0.3, 0.4) is 0 Å². The Morgan fingerprint density at radius 1 is 1.40 bits per heavy atom. The van der Waals surface area contributed by atoms with Crippen LogP contribution in [0.2, 0.25) is 0 Å². The highest BCUT2D eigenvalue weighted by Crippen LogP contribution is 2.34. The van der Waals surface area contributed by atoms with Crippen LogP contribution in [-0.2, 0) is 10.8 Å². The minimum atomic E-state index is -0.930. The van der Waals surface area contributed by atoms with E-state index in [4.69, 9.17) is 5.73 Å². The van der Waals surface area contributed by atoms with Gasteiger partial charge in [0.15, 0.2) is 0 Å². The van der Waals surface area contributed by atoms with Gasteiger partial charge in [0.05, 0.1) is 11.4 Å². The molecule has 0 spiro atoms. The number of carbonyl (C=O) groups is 1. The molecule has 8 heteroatoms. The predicted octanol–water partition coefficient (Wildman–Crippen LogP) is 0.999. The summed E-state index contributed by atoms with van der Waals surface area (Å²) in [7, 11) is -0.930. The van der Waals surface area contributed by atoms with Crippen LogP contribution in [0, 0.1) is 13.8 Å². The van der Waals surface area contributed by atoms with Crippen LogP contribution in [0.5, 0.6) is 0 Å². The van der Waals surface area contributed by atoms with Gasteiger partial charge < -0.3 is 11.1 Å². The lowest BCUT2D eigenvalue weighted by atomic mass is 10.1. The molecule has 0 aliphatic heterocycles. The van der Waals surface area contributed by atoms with E-state index in [1.807, 2.05) is 13.8 Å². The molecule has 0 aromatic carbocycles. The number of hydrogen-bond donors (Lipinski definition) is 2. The van der Waals surface area contributed by atoms with Crippen molar-refractivity contribution in [1.82, 2.24) is 15.5 Å². The Morgan fingerprint density at radius 2 is 2.10 bits per heavy atom. The molecule has 2 rings (SSSR count). The Hall–Kier alpha value is -1.54. The number of nitrogens with zero attached hydrogens (tertiary/aromatic N) is 2. The summed E-state index contributed by atoms with van der Waals surface area (Å²) in [5, 5.41) is 11.6. The van der Waals surface area contributed by atoms with Crippen LogP contribution in [0.4, 0.5) is 5.69 Å². The van der Waals surface area contributed by atoms with Crippen molar-refractivity contribution in [1.29, 1.82) is 0 Å². The van der Waals surface area contributed by atoms with Crippen molar-refractivity contribution in [3.05, 3.63) is 16.1 Å². The number of fused-ring (bicyclic) bond motifs is 1. The first-order chi connectivity index (χ1) is 9.41. The zero-order chi connectivity index (χ0) is 14.9. The second kappa shape index (κ2) is 5.84. The van der Waals surface area contributed by atoms with Gasteiger partial charge in [-0.05, 0) is 19.4 Å². The Bertz CT molecular complexity index is 696. The number of aromatic nitrogens is 2. The smallest absolute Gasteiger partial charge is 0.263 e. The molecule has 108 valence electrons. The van der Waals surface area contributed by atoms with E-state index in [9.17, 15) is 9.00 Å². The molecule has 3 N–H and O–H groups in total. The van der Waals surface area contributed by atoms with Crippen molar-refractivity contribution in [2.45, 2.75) is 13.8 Å². The average Bonchev–Trinajstić information content (AvgIpc) is 2.71. The van der Waals surface area contributed by atoms with Crippen LogP contribution < -0.4 is 11.1 Å². The number of aryl methyl sites for hydroxylation is 2. The van der Waals surface area contributed by atoms with Crippen LogP contribution in [-0.4, -0.2) is 38.9 Å². The largest absolute Gasteiger partial charge is 0.397 e. The maximum absolute atomic E-state index is 12.1. The fourth-order valence-corrected chi connectivity index (χ4v) is 3.20. The molecule has 2 heterocycles. The van der Waals surface area contributed by atoms with E-state index in [0.29, 0.717) is 27.7 Å². The highest BCUT2D eigenvalue weighted by Gasteiger charge is 2.19.